The van der Waals surface area contributed by atoms with Crippen LogP contribution in [0.3, 0.4) is 0 Å². The smallest absolute Gasteiger partial charge is 0.291 e. The molecule has 0 aliphatic rings. The summed E-state index contributed by atoms with van der Waals surface area (Å²) in [6, 6.07) is 0. The van der Waals surface area contributed by atoms with Gasteiger partial charge in [-0.25, -0.2) is 4.98 Å². The second kappa shape index (κ2) is 3.84. The highest BCUT2D eigenvalue weighted by Gasteiger charge is 2.23. The molecule has 0 bridgehead atoms. The van der Waals surface area contributed by atoms with Crippen LogP contribution in [-0.4, -0.2) is 30.3 Å². The van der Waals surface area contributed by atoms with Gasteiger partial charge in [-0.15, -0.1) is 5.10 Å². The summed E-state index contributed by atoms with van der Waals surface area (Å²) >= 11 is 1.33. The van der Waals surface area contributed by atoms with Gasteiger partial charge in [-0.3, -0.25) is 19.5 Å². The maximum Gasteiger partial charge on any atom is 0.357 e. The van der Waals surface area contributed by atoms with Crippen molar-refractivity contribution in [1.29, 1.82) is 0 Å². The molecule has 0 atom stereocenters. The minimum absolute atomic E-state index is 0.0932. The highest BCUT2D eigenvalue weighted by atomic mass is 32.2. The maximum absolute atomic E-state index is 11.9. The summed E-state index contributed by atoms with van der Waals surface area (Å²) in [6.07, 6.45) is 1.80. The Morgan fingerprint density at radius 2 is 2.12 bits per heavy atom. The van der Waals surface area contributed by atoms with Crippen molar-refractivity contribution in [2.24, 2.45) is 7.05 Å². The fourth-order valence-corrected chi connectivity index (χ4v) is 2.05. The Hall–Kier alpha value is -1.90. The van der Waals surface area contributed by atoms with Gasteiger partial charge in [-0.05, 0) is 13.2 Å². The molecule has 0 fully saturated rings. The van der Waals surface area contributed by atoms with Gasteiger partial charge in [-0.1, -0.05) is 11.8 Å². The highest BCUT2D eigenvalue weighted by molar-refractivity contribution is 7.98. The van der Waals surface area contributed by atoms with Crippen LogP contribution in [0, 0.1) is 17.0 Å². The molecule has 2 aromatic rings. The van der Waals surface area contributed by atoms with Gasteiger partial charge in [0, 0.05) is 7.05 Å². The molecular formula is C8H9N5O3S. The van der Waals surface area contributed by atoms with Crippen LogP contribution in [0.1, 0.15) is 5.69 Å². The number of aryl methyl sites for hydroxylation is 2. The Kier molecular flexibility index (Phi) is 2.62. The topological polar surface area (TPSA) is 95.3 Å². The Morgan fingerprint density at radius 1 is 1.47 bits per heavy atom. The number of fused-ring (bicyclic) bond motifs is 1. The average molecular weight is 255 g/mol. The second-order valence-electron chi connectivity index (χ2n) is 3.37. The molecule has 0 aliphatic carbocycles. The van der Waals surface area contributed by atoms with Gasteiger partial charge in [0.25, 0.3) is 0 Å². The Labute approximate surface area is 99.4 Å². The third-order valence-electron chi connectivity index (χ3n) is 2.33. The van der Waals surface area contributed by atoms with Crippen molar-refractivity contribution >= 4 is 23.2 Å². The van der Waals surface area contributed by atoms with E-state index in [1.807, 2.05) is 0 Å². The molecule has 0 saturated carbocycles. The molecule has 0 unspecified atom stereocenters. The number of thioether (sulfide) groups is 1. The summed E-state index contributed by atoms with van der Waals surface area (Å²) in [7, 11) is 1.70. The first kappa shape index (κ1) is 11.6. The molecule has 0 aliphatic heterocycles. The van der Waals surface area contributed by atoms with Crippen molar-refractivity contribution in [1.82, 2.24) is 19.2 Å². The summed E-state index contributed by atoms with van der Waals surface area (Å²) in [5.74, 6) is 0.294. The lowest BCUT2D eigenvalue weighted by Crippen LogP contribution is -2.20. The van der Waals surface area contributed by atoms with E-state index in [1.165, 1.54) is 18.7 Å². The summed E-state index contributed by atoms with van der Waals surface area (Å²) in [5.41, 5.74) is -1.20. The fourth-order valence-electron chi connectivity index (χ4n) is 1.53. The van der Waals surface area contributed by atoms with E-state index >= 15 is 0 Å². The summed E-state index contributed by atoms with van der Waals surface area (Å²) in [5, 5.41) is 15.3. The molecule has 0 aromatic carbocycles. The molecule has 17 heavy (non-hydrogen) atoms. The predicted molar refractivity (Wildman–Crippen MR) is 61.4 cm³/mol. The van der Waals surface area contributed by atoms with Crippen molar-refractivity contribution < 1.29 is 4.92 Å². The maximum atomic E-state index is 11.9. The van der Waals surface area contributed by atoms with Crippen LogP contribution in [0.25, 0.3) is 5.78 Å². The molecule has 90 valence electrons. The summed E-state index contributed by atoms with van der Waals surface area (Å²) in [6.45, 7) is 1.44. The lowest BCUT2D eigenvalue weighted by Gasteiger charge is -1.98. The van der Waals surface area contributed by atoms with E-state index < -0.39 is 16.2 Å². The van der Waals surface area contributed by atoms with Crippen LogP contribution < -0.4 is 5.56 Å². The Morgan fingerprint density at radius 3 is 2.65 bits per heavy atom. The fraction of sp³-hybridized carbons (Fsp3) is 0.375. The van der Waals surface area contributed by atoms with E-state index in [0.29, 0.717) is 10.9 Å². The zero-order valence-electron chi connectivity index (χ0n) is 9.37. The van der Waals surface area contributed by atoms with E-state index in [-0.39, 0.29) is 5.69 Å². The number of nitrogens with zero attached hydrogens (tertiary/aromatic N) is 5. The van der Waals surface area contributed by atoms with Crippen LogP contribution in [0.2, 0.25) is 0 Å². The van der Waals surface area contributed by atoms with Crippen LogP contribution in [0.15, 0.2) is 9.95 Å². The van der Waals surface area contributed by atoms with Gasteiger partial charge in [-0.2, -0.15) is 4.52 Å². The third-order valence-corrected chi connectivity index (χ3v) is 3.05. The zero-order valence-corrected chi connectivity index (χ0v) is 10.2. The quantitative estimate of drug-likeness (QED) is 0.437. The van der Waals surface area contributed by atoms with Gasteiger partial charge in [0.05, 0.1) is 4.92 Å². The van der Waals surface area contributed by atoms with E-state index in [2.05, 4.69) is 10.1 Å². The first-order chi connectivity index (χ1) is 7.97. The normalized spacial score (nSPS) is 11.0. The number of aromatic nitrogens is 4. The number of nitro groups is 1. The van der Waals surface area contributed by atoms with Gasteiger partial charge in [0.15, 0.2) is 5.16 Å². The van der Waals surface area contributed by atoms with Crippen LogP contribution in [0.5, 0.6) is 0 Å². The first-order valence-electron chi connectivity index (χ1n) is 4.62. The second-order valence-corrected chi connectivity index (χ2v) is 4.14. The average Bonchev–Trinajstić information content (AvgIpc) is 2.56. The molecule has 0 N–H and O–H groups in total. The minimum atomic E-state index is -0.756. The Bertz CT molecular complexity index is 674. The molecule has 2 aromatic heterocycles. The van der Waals surface area contributed by atoms with E-state index in [1.54, 1.807) is 17.9 Å². The largest absolute Gasteiger partial charge is 0.357 e. The molecule has 0 saturated heterocycles. The number of hydrogen-bond acceptors (Lipinski definition) is 6. The molecule has 2 rings (SSSR count). The van der Waals surface area contributed by atoms with Crippen molar-refractivity contribution in [3.8, 4) is 0 Å². The highest BCUT2D eigenvalue weighted by Crippen LogP contribution is 2.15. The van der Waals surface area contributed by atoms with Crippen LogP contribution in [-0.2, 0) is 7.05 Å². The molecule has 0 spiro atoms. The van der Waals surface area contributed by atoms with Gasteiger partial charge < -0.3 is 0 Å². The lowest BCUT2D eigenvalue weighted by atomic mass is 10.4. The zero-order chi connectivity index (χ0) is 12.7. The summed E-state index contributed by atoms with van der Waals surface area (Å²) < 4.78 is 2.57. The molecular weight excluding hydrogens is 246 g/mol. The SMILES string of the molecule is CSc1nn2c(=O)c([N+](=O)[O-])c(C)nc2n1C. The van der Waals surface area contributed by atoms with Crippen molar-refractivity contribution in [3.63, 3.8) is 0 Å². The number of rotatable bonds is 2. The van der Waals surface area contributed by atoms with Crippen molar-refractivity contribution in [2.75, 3.05) is 6.26 Å². The standard InChI is InChI=1S/C8H9N5O3S/c1-4-5(13(15)16)6(14)12-7(9-4)11(2)8(10-12)17-3/h1-3H3. The lowest BCUT2D eigenvalue weighted by molar-refractivity contribution is -0.387. The first-order valence-corrected chi connectivity index (χ1v) is 5.84. The van der Waals surface area contributed by atoms with Crippen molar-refractivity contribution in [3.05, 3.63) is 26.2 Å². The van der Waals surface area contributed by atoms with Gasteiger partial charge >= 0.3 is 11.2 Å². The molecule has 0 radical (unpaired) electrons. The van der Waals surface area contributed by atoms with E-state index in [4.69, 9.17) is 0 Å². The third kappa shape index (κ3) is 1.58. The predicted octanol–water partition coefficient (Wildman–Crippen LogP) is 0.367. The van der Waals surface area contributed by atoms with Gasteiger partial charge in [0.1, 0.15) is 5.69 Å². The van der Waals surface area contributed by atoms with Crippen LogP contribution in [0.4, 0.5) is 5.69 Å². The number of hydrogen-bond donors (Lipinski definition) is 0. The minimum Gasteiger partial charge on any atom is -0.291 e. The molecule has 2 heterocycles. The van der Waals surface area contributed by atoms with Crippen LogP contribution >= 0.6 is 11.8 Å². The van der Waals surface area contributed by atoms with Gasteiger partial charge in [0.2, 0.25) is 5.78 Å². The Balaban J connectivity index is 2.94. The molecule has 0 amide bonds. The molecule has 8 nitrogen and oxygen atoms in total. The molecule has 9 heteroatoms. The van der Waals surface area contributed by atoms with E-state index in [9.17, 15) is 14.9 Å². The summed E-state index contributed by atoms with van der Waals surface area (Å²) in [4.78, 5) is 25.9. The monoisotopic (exact) mass is 255 g/mol. The van der Waals surface area contributed by atoms with Crippen molar-refractivity contribution in [2.45, 2.75) is 12.1 Å². The van der Waals surface area contributed by atoms with E-state index in [0.717, 1.165) is 4.52 Å².